The van der Waals surface area contributed by atoms with Crippen molar-refractivity contribution in [2.24, 2.45) is 5.92 Å². The predicted molar refractivity (Wildman–Crippen MR) is 98.2 cm³/mol. The summed E-state index contributed by atoms with van der Waals surface area (Å²) >= 11 is 0. The van der Waals surface area contributed by atoms with E-state index in [9.17, 15) is 4.79 Å². The molecule has 0 radical (unpaired) electrons. The Morgan fingerprint density at radius 3 is 2.64 bits per heavy atom. The molecule has 0 spiro atoms. The Bertz CT molecular complexity index is 758. The molecule has 0 saturated heterocycles. The van der Waals surface area contributed by atoms with E-state index in [2.05, 4.69) is 24.5 Å². The van der Waals surface area contributed by atoms with Crippen LogP contribution in [0.5, 0.6) is 11.5 Å². The molecule has 0 aromatic heterocycles. The summed E-state index contributed by atoms with van der Waals surface area (Å²) in [6.45, 7) is 4.98. The zero-order valence-corrected chi connectivity index (χ0v) is 14.8. The van der Waals surface area contributed by atoms with E-state index in [0.717, 1.165) is 23.4 Å². The van der Waals surface area contributed by atoms with E-state index in [1.54, 1.807) is 13.2 Å². The Morgan fingerprint density at radius 1 is 1.08 bits per heavy atom. The maximum absolute atomic E-state index is 12.3. The molecule has 25 heavy (non-hydrogen) atoms. The van der Waals surface area contributed by atoms with Crippen molar-refractivity contribution in [3.8, 4) is 11.5 Å². The van der Waals surface area contributed by atoms with Gasteiger partial charge in [0, 0.05) is 5.69 Å². The van der Waals surface area contributed by atoms with Gasteiger partial charge in [0.25, 0.3) is 5.91 Å². The van der Waals surface area contributed by atoms with Crippen LogP contribution in [-0.2, 0) is 0 Å². The van der Waals surface area contributed by atoms with E-state index in [4.69, 9.17) is 9.47 Å². The summed E-state index contributed by atoms with van der Waals surface area (Å²) in [5.41, 5.74) is 2.39. The van der Waals surface area contributed by atoms with E-state index in [1.807, 2.05) is 36.4 Å². The molecule has 0 aliphatic carbocycles. The van der Waals surface area contributed by atoms with Crippen LogP contribution in [0.1, 0.15) is 42.4 Å². The van der Waals surface area contributed by atoms with Crippen LogP contribution in [0.3, 0.4) is 0 Å². The standard InChI is InChI=1S/C20H24N2O3/c1-13(2)10-11-25-17-9-8-14(12-18(17)24-3)19-21-16-7-5-4-6-15(16)20(23)22-19/h4-9,12-13,19,21H,10-11H2,1-3H3,(H,22,23). The number of fused-ring (bicyclic) bond motifs is 1. The van der Waals surface area contributed by atoms with Crippen molar-refractivity contribution in [1.82, 2.24) is 5.32 Å². The zero-order valence-electron chi connectivity index (χ0n) is 14.8. The minimum absolute atomic E-state index is 0.0874. The van der Waals surface area contributed by atoms with Gasteiger partial charge in [-0.05, 0) is 42.2 Å². The normalized spacial score (nSPS) is 16.0. The molecular formula is C20H24N2O3. The van der Waals surface area contributed by atoms with E-state index >= 15 is 0 Å². The number of carbonyl (C=O) groups is 1. The number of carbonyl (C=O) groups excluding carboxylic acids is 1. The summed E-state index contributed by atoms with van der Waals surface area (Å²) in [4.78, 5) is 12.3. The number of benzene rings is 2. The summed E-state index contributed by atoms with van der Waals surface area (Å²) in [6, 6.07) is 13.2. The van der Waals surface area contributed by atoms with Gasteiger partial charge in [0.2, 0.25) is 0 Å². The highest BCUT2D eigenvalue weighted by atomic mass is 16.5. The fourth-order valence-electron chi connectivity index (χ4n) is 2.76. The number of hydrogen-bond donors (Lipinski definition) is 2. The topological polar surface area (TPSA) is 59.6 Å². The molecule has 1 aliphatic rings. The van der Waals surface area contributed by atoms with Crippen LogP contribution in [0.25, 0.3) is 0 Å². The Labute approximate surface area is 148 Å². The minimum Gasteiger partial charge on any atom is -0.493 e. The number of anilines is 1. The van der Waals surface area contributed by atoms with Gasteiger partial charge in [-0.2, -0.15) is 0 Å². The number of methoxy groups -OCH3 is 1. The average molecular weight is 340 g/mol. The molecule has 1 unspecified atom stereocenters. The molecule has 0 saturated carbocycles. The Hall–Kier alpha value is -2.69. The highest BCUT2D eigenvalue weighted by Gasteiger charge is 2.24. The first-order chi connectivity index (χ1) is 12.1. The van der Waals surface area contributed by atoms with Gasteiger partial charge < -0.3 is 20.1 Å². The molecule has 0 fully saturated rings. The van der Waals surface area contributed by atoms with Crippen molar-refractivity contribution in [2.45, 2.75) is 26.4 Å². The maximum Gasteiger partial charge on any atom is 0.255 e. The van der Waals surface area contributed by atoms with Crippen LogP contribution in [0, 0.1) is 5.92 Å². The predicted octanol–water partition coefficient (Wildman–Crippen LogP) is 3.97. The fraction of sp³-hybridized carbons (Fsp3) is 0.350. The van der Waals surface area contributed by atoms with Crippen LogP contribution >= 0.6 is 0 Å². The number of amides is 1. The third-order valence-electron chi connectivity index (χ3n) is 4.22. The van der Waals surface area contributed by atoms with Gasteiger partial charge in [0.05, 0.1) is 19.3 Å². The van der Waals surface area contributed by atoms with Gasteiger partial charge in [0.15, 0.2) is 11.5 Å². The van der Waals surface area contributed by atoms with Crippen molar-refractivity contribution in [3.05, 3.63) is 53.6 Å². The summed E-state index contributed by atoms with van der Waals surface area (Å²) in [5, 5.41) is 6.32. The third kappa shape index (κ3) is 3.87. The molecule has 1 atom stereocenters. The minimum atomic E-state index is -0.305. The van der Waals surface area contributed by atoms with Crippen LogP contribution in [-0.4, -0.2) is 19.6 Å². The molecule has 1 amide bonds. The van der Waals surface area contributed by atoms with Crippen LogP contribution in [0.4, 0.5) is 5.69 Å². The average Bonchev–Trinajstić information content (AvgIpc) is 2.61. The Morgan fingerprint density at radius 2 is 1.88 bits per heavy atom. The van der Waals surface area contributed by atoms with Crippen molar-refractivity contribution in [1.29, 1.82) is 0 Å². The summed E-state index contributed by atoms with van der Waals surface area (Å²) in [5.74, 6) is 1.88. The van der Waals surface area contributed by atoms with Gasteiger partial charge >= 0.3 is 0 Å². The molecule has 1 heterocycles. The second-order valence-corrected chi connectivity index (χ2v) is 6.54. The Kier molecular flexibility index (Phi) is 5.12. The molecule has 2 aromatic carbocycles. The lowest BCUT2D eigenvalue weighted by Gasteiger charge is -2.28. The highest BCUT2D eigenvalue weighted by molar-refractivity contribution is 6.01. The first kappa shape index (κ1) is 17.1. The number of rotatable bonds is 6. The summed E-state index contributed by atoms with van der Waals surface area (Å²) in [6.07, 6.45) is 0.683. The van der Waals surface area contributed by atoms with Gasteiger partial charge in [-0.3, -0.25) is 4.79 Å². The monoisotopic (exact) mass is 340 g/mol. The van der Waals surface area contributed by atoms with Crippen molar-refractivity contribution in [2.75, 3.05) is 19.0 Å². The smallest absolute Gasteiger partial charge is 0.255 e. The highest BCUT2D eigenvalue weighted by Crippen LogP contribution is 2.33. The van der Waals surface area contributed by atoms with Crippen molar-refractivity contribution >= 4 is 11.6 Å². The quantitative estimate of drug-likeness (QED) is 0.835. The van der Waals surface area contributed by atoms with Crippen LogP contribution < -0.4 is 20.1 Å². The molecule has 1 aliphatic heterocycles. The molecular weight excluding hydrogens is 316 g/mol. The number of nitrogens with one attached hydrogen (secondary N) is 2. The van der Waals surface area contributed by atoms with Crippen molar-refractivity contribution < 1.29 is 14.3 Å². The molecule has 132 valence electrons. The summed E-state index contributed by atoms with van der Waals surface area (Å²) in [7, 11) is 1.62. The first-order valence-electron chi connectivity index (χ1n) is 8.55. The molecule has 2 N–H and O–H groups in total. The lowest BCUT2D eigenvalue weighted by molar-refractivity contribution is 0.0935. The third-order valence-corrected chi connectivity index (χ3v) is 4.22. The molecule has 3 rings (SSSR count). The second-order valence-electron chi connectivity index (χ2n) is 6.54. The molecule has 5 heteroatoms. The maximum atomic E-state index is 12.3. The largest absolute Gasteiger partial charge is 0.493 e. The van der Waals surface area contributed by atoms with Crippen LogP contribution in [0.15, 0.2) is 42.5 Å². The van der Waals surface area contributed by atoms with Gasteiger partial charge in [-0.15, -0.1) is 0 Å². The Balaban J connectivity index is 1.78. The number of hydrogen-bond acceptors (Lipinski definition) is 4. The lowest BCUT2D eigenvalue weighted by atomic mass is 10.1. The molecule has 2 aromatic rings. The molecule has 5 nitrogen and oxygen atoms in total. The molecule has 0 bridgehead atoms. The lowest BCUT2D eigenvalue weighted by Crippen LogP contribution is -2.38. The van der Waals surface area contributed by atoms with Crippen LogP contribution in [0.2, 0.25) is 0 Å². The number of ether oxygens (including phenoxy) is 2. The van der Waals surface area contributed by atoms with Gasteiger partial charge in [0.1, 0.15) is 6.17 Å². The van der Waals surface area contributed by atoms with Gasteiger partial charge in [-0.1, -0.05) is 32.0 Å². The summed E-state index contributed by atoms with van der Waals surface area (Å²) < 4.78 is 11.3. The van der Waals surface area contributed by atoms with Gasteiger partial charge in [-0.25, -0.2) is 0 Å². The second kappa shape index (κ2) is 7.47. The fourth-order valence-corrected chi connectivity index (χ4v) is 2.76. The van der Waals surface area contributed by atoms with E-state index in [-0.39, 0.29) is 12.1 Å². The zero-order chi connectivity index (χ0) is 17.8. The van der Waals surface area contributed by atoms with E-state index < -0.39 is 0 Å². The first-order valence-corrected chi connectivity index (χ1v) is 8.55. The van der Waals surface area contributed by atoms with E-state index in [1.165, 1.54) is 0 Å². The van der Waals surface area contributed by atoms with E-state index in [0.29, 0.717) is 23.8 Å². The SMILES string of the molecule is COc1cc(C2NC(=O)c3ccccc3N2)ccc1OCCC(C)C. The number of para-hydroxylation sites is 1. The van der Waals surface area contributed by atoms with Crippen molar-refractivity contribution in [3.63, 3.8) is 0 Å².